The van der Waals surface area contributed by atoms with Gasteiger partial charge in [0.25, 0.3) is 5.69 Å². The summed E-state index contributed by atoms with van der Waals surface area (Å²) in [5.41, 5.74) is 2.20. The zero-order valence-corrected chi connectivity index (χ0v) is 19.4. The fourth-order valence-electron chi connectivity index (χ4n) is 5.68. The van der Waals surface area contributed by atoms with Crippen molar-refractivity contribution >= 4 is 34.5 Å². The van der Waals surface area contributed by atoms with E-state index in [0.717, 1.165) is 16.8 Å². The first-order chi connectivity index (χ1) is 16.0. The van der Waals surface area contributed by atoms with Crippen molar-refractivity contribution in [3.63, 3.8) is 0 Å². The van der Waals surface area contributed by atoms with Crippen LogP contribution in [0.2, 0.25) is 0 Å². The zero-order valence-electron chi connectivity index (χ0n) is 19.4. The second kappa shape index (κ2) is 7.35. The molecule has 34 heavy (non-hydrogen) atoms. The summed E-state index contributed by atoms with van der Waals surface area (Å²) in [5.74, 6) is -2.45. The summed E-state index contributed by atoms with van der Waals surface area (Å²) >= 11 is 0. The highest BCUT2D eigenvalue weighted by Gasteiger charge is 2.65. The lowest BCUT2D eigenvalue weighted by atomic mass is 9.85. The van der Waals surface area contributed by atoms with E-state index in [1.807, 2.05) is 62.9 Å². The fraction of sp³-hybridized carbons (Fsp3) is 0.346. The van der Waals surface area contributed by atoms with Crippen molar-refractivity contribution in [2.24, 2.45) is 11.8 Å². The van der Waals surface area contributed by atoms with Gasteiger partial charge in [0.2, 0.25) is 11.8 Å². The Morgan fingerprint density at radius 1 is 0.971 bits per heavy atom. The van der Waals surface area contributed by atoms with Gasteiger partial charge in [-0.05, 0) is 51.5 Å². The Balaban J connectivity index is 1.67. The number of Topliss-reactive ketones (excluding diaryl/α,β-unsaturated/α-hetero) is 1. The minimum atomic E-state index is -0.897. The van der Waals surface area contributed by atoms with Crippen LogP contribution >= 0.6 is 0 Å². The summed E-state index contributed by atoms with van der Waals surface area (Å²) < 4.78 is 0. The summed E-state index contributed by atoms with van der Waals surface area (Å²) in [5, 5.41) is 11.1. The first kappa shape index (κ1) is 22.0. The molecule has 0 saturated carbocycles. The van der Waals surface area contributed by atoms with Gasteiger partial charge in [-0.25, -0.2) is 0 Å². The molecule has 2 aromatic rings. The van der Waals surface area contributed by atoms with E-state index in [4.69, 9.17) is 0 Å². The number of non-ortho nitro benzene ring substituents is 1. The maximum absolute atomic E-state index is 13.9. The Bertz CT molecular complexity index is 1270. The zero-order chi connectivity index (χ0) is 24.5. The predicted molar refractivity (Wildman–Crippen MR) is 126 cm³/mol. The number of benzene rings is 2. The van der Waals surface area contributed by atoms with Gasteiger partial charge in [-0.3, -0.25) is 29.4 Å². The number of anilines is 1. The van der Waals surface area contributed by atoms with Gasteiger partial charge in [0, 0.05) is 34.5 Å². The maximum atomic E-state index is 13.9. The second-order valence-electron chi connectivity index (χ2n) is 10.1. The Labute approximate surface area is 197 Å². The van der Waals surface area contributed by atoms with Crippen molar-refractivity contribution in [3.05, 3.63) is 75.8 Å². The van der Waals surface area contributed by atoms with E-state index in [1.54, 1.807) is 0 Å². The molecule has 0 bridgehead atoms. The van der Waals surface area contributed by atoms with Crippen molar-refractivity contribution in [2.45, 2.75) is 45.3 Å². The third-order valence-corrected chi connectivity index (χ3v) is 7.06. The van der Waals surface area contributed by atoms with Crippen LogP contribution < -0.4 is 4.90 Å². The molecule has 0 radical (unpaired) electrons. The fourth-order valence-corrected chi connectivity index (χ4v) is 5.68. The molecule has 0 spiro atoms. The molecule has 174 valence electrons. The average molecular weight is 460 g/mol. The lowest BCUT2D eigenvalue weighted by Crippen LogP contribution is -2.52. The third-order valence-electron chi connectivity index (χ3n) is 7.06. The number of ketones is 1. The lowest BCUT2D eigenvalue weighted by molar-refractivity contribution is -0.384. The van der Waals surface area contributed by atoms with Crippen LogP contribution in [0.15, 0.2) is 54.6 Å². The Kier molecular flexibility index (Phi) is 4.76. The number of allylic oxidation sites excluding steroid dienone is 1. The van der Waals surface area contributed by atoms with Crippen LogP contribution in [0.3, 0.4) is 0 Å². The SMILES string of the molecule is CC1=C[C@H]2[C@@H]3C(=O)N(C(C)(C)C)C(=O)[C@@H]3[C@H](C(=O)c3ccc([N+](=O)[O-])cc3)N2c2ccccc21. The molecule has 3 aliphatic rings. The molecule has 8 heteroatoms. The Morgan fingerprint density at radius 3 is 2.21 bits per heavy atom. The molecule has 3 aliphatic heterocycles. The van der Waals surface area contributed by atoms with Crippen LogP contribution in [0.25, 0.3) is 5.57 Å². The van der Waals surface area contributed by atoms with Gasteiger partial charge < -0.3 is 4.90 Å². The number of carbonyl (C=O) groups is 3. The van der Waals surface area contributed by atoms with Crippen molar-refractivity contribution in [1.82, 2.24) is 4.90 Å². The number of fused-ring (bicyclic) bond motifs is 5. The number of likely N-dealkylation sites (tertiary alicyclic amines) is 1. The standard InChI is InChI=1S/C26H25N3O5/c1-14-13-19-20-21(25(32)28(24(20)31)26(2,3)4)22(27(19)18-8-6-5-7-17(14)18)23(30)15-9-11-16(12-10-15)29(33)34/h5-13,19-22H,1-4H3/t19-,20-,21-,22+/m0/s1. The van der Waals surface area contributed by atoms with Crippen molar-refractivity contribution in [3.8, 4) is 0 Å². The molecule has 3 heterocycles. The average Bonchev–Trinajstić information content (AvgIpc) is 3.26. The molecular weight excluding hydrogens is 434 g/mol. The maximum Gasteiger partial charge on any atom is 0.269 e. The van der Waals surface area contributed by atoms with Gasteiger partial charge in [-0.15, -0.1) is 0 Å². The van der Waals surface area contributed by atoms with Crippen LogP contribution in [0.1, 0.15) is 43.6 Å². The Morgan fingerprint density at radius 2 is 1.59 bits per heavy atom. The van der Waals surface area contributed by atoms with E-state index < -0.39 is 34.4 Å². The quantitative estimate of drug-likeness (QED) is 0.299. The van der Waals surface area contributed by atoms with Gasteiger partial charge in [-0.2, -0.15) is 0 Å². The molecular formula is C26H25N3O5. The highest BCUT2D eigenvalue weighted by molar-refractivity contribution is 6.14. The van der Waals surface area contributed by atoms with Crippen LogP contribution in [0.4, 0.5) is 11.4 Å². The molecule has 2 aromatic carbocycles. The number of amides is 2. The van der Waals surface area contributed by atoms with E-state index in [2.05, 4.69) is 0 Å². The number of rotatable bonds is 3. The van der Waals surface area contributed by atoms with Crippen LogP contribution in [0.5, 0.6) is 0 Å². The monoisotopic (exact) mass is 459 g/mol. The smallest absolute Gasteiger partial charge is 0.269 e. The topological polar surface area (TPSA) is 101 Å². The highest BCUT2D eigenvalue weighted by atomic mass is 16.6. The molecule has 2 saturated heterocycles. The van der Waals surface area contributed by atoms with Gasteiger partial charge in [0.15, 0.2) is 5.78 Å². The largest absolute Gasteiger partial charge is 0.352 e. The molecule has 2 amide bonds. The van der Waals surface area contributed by atoms with E-state index in [1.165, 1.54) is 29.2 Å². The minimum Gasteiger partial charge on any atom is -0.352 e. The van der Waals surface area contributed by atoms with Gasteiger partial charge in [0.1, 0.15) is 6.04 Å². The van der Waals surface area contributed by atoms with Gasteiger partial charge in [-0.1, -0.05) is 24.3 Å². The van der Waals surface area contributed by atoms with E-state index in [0.29, 0.717) is 0 Å². The van der Waals surface area contributed by atoms with E-state index >= 15 is 0 Å². The number of para-hydroxylation sites is 1. The number of hydrogen-bond acceptors (Lipinski definition) is 6. The lowest BCUT2D eigenvalue weighted by Gasteiger charge is -2.39. The molecule has 5 rings (SSSR count). The number of nitro benzene ring substituents is 1. The number of carbonyl (C=O) groups excluding carboxylic acids is 3. The van der Waals surface area contributed by atoms with Crippen molar-refractivity contribution in [1.29, 1.82) is 0 Å². The summed E-state index contributed by atoms with van der Waals surface area (Å²) in [6, 6.07) is 11.7. The molecule has 2 fully saturated rings. The summed E-state index contributed by atoms with van der Waals surface area (Å²) in [6.07, 6.45) is 1.99. The predicted octanol–water partition coefficient (Wildman–Crippen LogP) is 3.85. The molecule has 0 N–H and O–H groups in total. The summed E-state index contributed by atoms with van der Waals surface area (Å²) in [6.45, 7) is 7.41. The first-order valence-electron chi connectivity index (χ1n) is 11.2. The van der Waals surface area contributed by atoms with Crippen LogP contribution in [-0.4, -0.2) is 45.0 Å². The molecule has 8 nitrogen and oxygen atoms in total. The van der Waals surface area contributed by atoms with Crippen molar-refractivity contribution in [2.75, 3.05) is 4.90 Å². The molecule has 0 aliphatic carbocycles. The molecule has 0 unspecified atom stereocenters. The van der Waals surface area contributed by atoms with Crippen LogP contribution in [0, 0.1) is 22.0 Å². The number of nitrogens with zero attached hydrogens (tertiary/aromatic N) is 3. The number of hydrogen-bond donors (Lipinski definition) is 0. The minimum absolute atomic E-state index is 0.119. The number of imide groups is 1. The Hall–Kier alpha value is -3.81. The van der Waals surface area contributed by atoms with Gasteiger partial charge >= 0.3 is 0 Å². The third kappa shape index (κ3) is 3.01. The van der Waals surface area contributed by atoms with Crippen LogP contribution in [-0.2, 0) is 9.59 Å². The normalized spacial score (nSPS) is 25.6. The second-order valence-corrected chi connectivity index (χ2v) is 10.1. The highest BCUT2D eigenvalue weighted by Crippen LogP contribution is 2.51. The first-order valence-corrected chi connectivity index (χ1v) is 11.2. The van der Waals surface area contributed by atoms with Gasteiger partial charge in [0.05, 0.1) is 22.8 Å². The summed E-state index contributed by atoms with van der Waals surface area (Å²) in [4.78, 5) is 55.0. The van der Waals surface area contributed by atoms with Crippen molar-refractivity contribution < 1.29 is 19.3 Å². The summed E-state index contributed by atoms with van der Waals surface area (Å²) in [7, 11) is 0. The molecule has 4 atom stereocenters. The van der Waals surface area contributed by atoms with E-state index in [9.17, 15) is 24.5 Å². The number of nitro groups is 1. The van der Waals surface area contributed by atoms with E-state index in [-0.39, 0.29) is 28.8 Å². The molecule has 0 aromatic heterocycles.